The number of aromatic nitrogens is 2. The second-order valence-corrected chi connectivity index (χ2v) is 4.83. The van der Waals surface area contributed by atoms with Gasteiger partial charge in [0, 0.05) is 13.2 Å². The van der Waals surface area contributed by atoms with E-state index < -0.39 is 0 Å². The number of furan rings is 1. The summed E-state index contributed by atoms with van der Waals surface area (Å²) in [6.07, 6.45) is 3.55. The van der Waals surface area contributed by atoms with Crippen LogP contribution in [0.25, 0.3) is 11.0 Å². The maximum atomic E-state index is 5.78. The van der Waals surface area contributed by atoms with Crippen LogP contribution in [-0.4, -0.2) is 9.78 Å². The predicted octanol–water partition coefficient (Wildman–Crippen LogP) is 3.51. The summed E-state index contributed by atoms with van der Waals surface area (Å²) < 4.78 is 13.9. The second kappa shape index (κ2) is 4.49. The molecule has 0 unspecified atom stereocenters. The van der Waals surface area contributed by atoms with Crippen LogP contribution in [0.2, 0.25) is 0 Å². The Kier molecular flexibility index (Phi) is 2.83. The van der Waals surface area contributed by atoms with E-state index >= 15 is 0 Å². The monoisotopic (exact) mass is 306 g/mol. The van der Waals surface area contributed by atoms with E-state index in [0.717, 1.165) is 26.9 Å². The molecule has 0 radical (unpaired) electrons. The number of ether oxygens (including phenoxy) is 1. The number of halogens is 1. The van der Waals surface area contributed by atoms with Gasteiger partial charge in [0.1, 0.15) is 12.4 Å². The van der Waals surface area contributed by atoms with E-state index in [4.69, 9.17) is 9.15 Å². The zero-order valence-corrected chi connectivity index (χ0v) is 11.3. The van der Waals surface area contributed by atoms with Crippen molar-refractivity contribution < 1.29 is 9.15 Å². The van der Waals surface area contributed by atoms with Gasteiger partial charge in [-0.15, -0.1) is 0 Å². The lowest BCUT2D eigenvalue weighted by atomic mass is 10.2. The summed E-state index contributed by atoms with van der Waals surface area (Å²) in [7, 11) is 1.89. The van der Waals surface area contributed by atoms with Crippen molar-refractivity contribution >= 4 is 26.9 Å². The lowest BCUT2D eigenvalue weighted by Crippen LogP contribution is -1.98. The SMILES string of the molecule is Cn1ccc(COc2ccc(Br)c3occc23)n1. The molecule has 0 aliphatic carbocycles. The largest absolute Gasteiger partial charge is 0.486 e. The molecule has 4 nitrogen and oxygen atoms in total. The van der Waals surface area contributed by atoms with E-state index in [0.29, 0.717) is 6.61 Å². The summed E-state index contributed by atoms with van der Waals surface area (Å²) in [6.45, 7) is 0.447. The Balaban J connectivity index is 1.86. The van der Waals surface area contributed by atoms with Gasteiger partial charge >= 0.3 is 0 Å². The summed E-state index contributed by atoms with van der Waals surface area (Å²) in [6, 6.07) is 7.67. The Morgan fingerprint density at radius 2 is 2.22 bits per heavy atom. The van der Waals surface area contributed by atoms with Crippen molar-refractivity contribution in [2.24, 2.45) is 7.05 Å². The van der Waals surface area contributed by atoms with Gasteiger partial charge in [-0.2, -0.15) is 5.10 Å². The topological polar surface area (TPSA) is 40.2 Å². The first-order valence-corrected chi connectivity index (χ1v) is 6.30. The van der Waals surface area contributed by atoms with E-state index in [2.05, 4.69) is 21.0 Å². The summed E-state index contributed by atoms with van der Waals surface area (Å²) >= 11 is 3.44. The standard InChI is InChI=1S/C13H11BrN2O2/c1-16-6-4-9(15-16)8-18-12-3-2-11(14)13-10(12)5-7-17-13/h2-7H,8H2,1H3. The van der Waals surface area contributed by atoms with Crippen LogP contribution in [0.1, 0.15) is 5.69 Å². The van der Waals surface area contributed by atoms with Crippen molar-refractivity contribution in [3.8, 4) is 5.75 Å². The Morgan fingerprint density at radius 3 is 3.00 bits per heavy atom. The molecule has 0 saturated heterocycles. The van der Waals surface area contributed by atoms with Crippen molar-refractivity contribution in [1.82, 2.24) is 9.78 Å². The molecule has 1 aromatic carbocycles. The predicted molar refractivity (Wildman–Crippen MR) is 71.5 cm³/mol. The van der Waals surface area contributed by atoms with Gasteiger partial charge in [-0.25, -0.2) is 0 Å². The summed E-state index contributed by atoms with van der Waals surface area (Å²) in [4.78, 5) is 0. The average molecular weight is 307 g/mol. The second-order valence-electron chi connectivity index (χ2n) is 3.98. The van der Waals surface area contributed by atoms with Crippen LogP contribution in [0.3, 0.4) is 0 Å². The number of fused-ring (bicyclic) bond motifs is 1. The number of aryl methyl sites for hydroxylation is 1. The van der Waals surface area contributed by atoms with Crippen molar-refractivity contribution in [3.63, 3.8) is 0 Å². The smallest absolute Gasteiger partial charge is 0.151 e. The molecule has 2 heterocycles. The maximum Gasteiger partial charge on any atom is 0.151 e. The molecule has 0 spiro atoms. The van der Waals surface area contributed by atoms with Crippen LogP contribution in [0.4, 0.5) is 0 Å². The van der Waals surface area contributed by atoms with Gasteiger partial charge in [0.15, 0.2) is 5.58 Å². The highest BCUT2D eigenvalue weighted by atomic mass is 79.9. The Labute approximate surface area is 112 Å². The van der Waals surface area contributed by atoms with E-state index in [-0.39, 0.29) is 0 Å². The van der Waals surface area contributed by atoms with Crippen molar-refractivity contribution in [3.05, 3.63) is 46.9 Å². The Hall–Kier alpha value is -1.75. The molecule has 0 bridgehead atoms. The van der Waals surface area contributed by atoms with Crippen molar-refractivity contribution in [2.75, 3.05) is 0 Å². The van der Waals surface area contributed by atoms with E-state index in [1.165, 1.54) is 0 Å². The van der Waals surface area contributed by atoms with Gasteiger partial charge in [0.2, 0.25) is 0 Å². The number of nitrogens with zero attached hydrogens (tertiary/aromatic N) is 2. The van der Waals surface area contributed by atoms with Gasteiger partial charge in [-0.1, -0.05) is 0 Å². The molecule has 0 aliphatic rings. The van der Waals surface area contributed by atoms with Crippen LogP contribution in [-0.2, 0) is 13.7 Å². The number of hydrogen-bond donors (Lipinski definition) is 0. The molecule has 2 aromatic heterocycles. The van der Waals surface area contributed by atoms with Crippen LogP contribution >= 0.6 is 15.9 Å². The van der Waals surface area contributed by atoms with Crippen LogP contribution in [0.5, 0.6) is 5.75 Å². The molecule has 0 aliphatic heterocycles. The summed E-state index contributed by atoms with van der Waals surface area (Å²) in [5, 5.41) is 5.23. The van der Waals surface area contributed by atoms with Gasteiger partial charge in [-0.05, 0) is 40.2 Å². The number of rotatable bonds is 3. The molecule has 3 rings (SSSR count). The van der Waals surface area contributed by atoms with E-state index in [1.54, 1.807) is 10.9 Å². The molecule has 0 fully saturated rings. The highest BCUT2D eigenvalue weighted by Crippen LogP contribution is 2.32. The fraction of sp³-hybridized carbons (Fsp3) is 0.154. The zero-order chi connectivity index (χ0) is 12.5. The molecule has 3 aromatic rings. The number of benzene rings is 1. The Morgan fingerprint density at radius 1 is 1.33 bits per heavy atom. The van der Waals surface area contributed by atoms with Gasteiger partial charge in [0.25, 0.3) is 0 Å². The lowest BCUT2D eigenvalue weighted by molar-refractivity contribution is 0.303. The first-order chi connectivity index (χ1) is 8.74. The van der Waals surface area contributed by atoms with E-state index in [9.17, 15) is 0 Å². The molecule has 0 N–H and O–H groups in total. The quantitative estimate of drug-likeness (QED) is 0.743. The third-order valence-electron chi connectivity index (χ3n) is 2.67. The normalized spacial score (nSPS) is 11.0. The number of hydrogen-bond acceptors (Lipinski definition) is 3. The van der Waals surface area contributed by atoms with Crippen molar-refractivity contribution in [1.29, 1.82) is 0 Å². The van der Waals surface area contributed by atoms with E-state index in [1.807, 2.05) is 37.5 Å². The molecule has 18 heavy (non-hydrogen) atoms. The summed E-state index contributed by atoms with van der Waals surface area (Å²) in [5.74, 6) is 0.799. The molecule has 92 valence electrons. The molecular weight excluding hydrogens is 296 g/mol. The van der Waals surface area contributed by atoms with Crippen LogP contribution in [0.15, 0.2) is 45.6 Å². The first kappa shape index (κ1) is 11.3. The van der Waals surface area contributed by atoms with Crippen molar-refractivity contribution in [2.45, 2.75) is 6.61 Å². The van der Waals surface area contributed by atoms with Crippen LogP contribution < -0.4 is 4.74 Å². The molecule has 0 amide bonds. The maximum absolute atomic E-state index is 5.78. The molecular formula is C13H11BrN2O2. The molecule has 5 heteroatoms. The third-order valence-corrected chi connectivity index (χ3v) is 3.30. The van der Waals surface area contributed by atoms with Gasteiger partial charge in [-0.3, -0.25) is 4.68 Å². The minimum Gasteiger partial charge on any atom is -0.486 e. The first-order valence-electron chi connectivity index (χ1n) is 5.51. The van der Waals surface area contributed by atoms with Gasteiger partial charge in [0.05, 0.1) is 21.8 Å². The molecule has 0 saturated carbocycles. The third kappa shape index (κ3) is 2.01. The minimum absolute atomic E-state index is 0.447. The Bertz CT molecular complexity index is 687. The summed E-state index contributed by atoms with van der Waals surface area (Å²) in [5.41, 5.74) is 1.70. The minimum atomic E-state index is 0.447. The highest BCUT2D eigenvalue weighted by Gasteiger charge is 2.09. The highest BCUT2D eigenvalue weighted by molar-refractivity contribution is 9.10. The zero-order valence-electron chi connectivity index (χ0n) is 9.76. The molecule has 0 atom stereocenters. The average Bonchev–Trinajstić information content (AvgIpc) is 2.98. The van der Waals surface area contributed by atoms with Crippen LogP contribution in [0, 0.1) is 0 Å². The lowest BCUT2D eigenvalue weighted by Gasteiger charge is -2.05. The fourth-order valence-corrected chi connectivity index (χ4v) is 2.26. The van der Waals surface area contributed by atoms with Gasteiger partial charge < -0.3 is 9.15 Å². The fourth-order valence-electron chi connectivity index (χ4n) is 1.82.